The van der Waals surface area contributed by atoms with Crippen molar-refractivity contribution in [1.82, 2.24) is 0 Å². The first-order valence-electron chi connectivity index (χ1n) is 5.69. The molecule has 0 saturated heterocycles. The largest absolute Gasteiger partial charge is 0.396 e. The molecule has 0 bridgehead atoms. The van der Waals surface area contributed by atoms with Crippen molar-refractivity contribution in [2.24, 2.45) is 5.92 Å². The molecule has 0 fully saturated rings. The van der Waals surface area contributed by atoms with Gasteiger partial charge in [-0.25, -0.2) is 0 Å². The maximum absolute atomic E-state index is 10.1. The molecular weight excluding hydrogens is 220 g/mol. The molecule has 0 aliphatic carbocycles. The number of thioether (sulfide) groups is 1. The summed E-state index contributed by atoms with van der Waals surface area (Å²) in [5.41, 5.74) is 0. The van der Waals surface area contributed by atoms with Gasteiger partial charge in [-0.15, -0.1) is 11.8 Å². The van der Waals surface area contributed by atoms with Crippen LogP contribution in [-0.2, 0) is 0 Å². The van der Waals surface area contributed by atoms with Gasteiger partial charge < -0.3 is 10.2 Å². The third-order valence-corrected chi connectivity index (χ3v) is 4.14. The Morgan fingerprint density at radius 1 is 1.25 bits per heavy atom. The molecule has 3 heteroatoms. The molecule has 0 heterocycles. The SMILES string of the molecule is CC[C@H](Sc1ccccc1)[C@H](O)[C@H](C)CO. The Balaban J connectivity index is 2.62. The van der Waals surface area contributed by atoms with E-state index in [9.17, 15) is 5.11 Å². The Morgan fingerprint density at radius 2 is 1.88 bits per heavy atom. The average Bonchev–Trinajstić information content (AvgIpc) is 2.35. The molecule has 3 atom stereocenters. The van der Waals surface area contributed by atoms with Crippen LogP contribution < -0.4 is 0 Å². The van der Waals surface area contributed by atoms with Gasteiger partial charge in [0, 0.05) is 22.7 Å². The summed E-state index contributed by atoms with van der Waals surface area (Å²) in [7, 11) is 0. The van der Waals surface area contributed by atoms with E-state index in [0.717, 1.165) is 6.42 Å². The molecular formula is C13H20O2S. The average molecular weight is 240 g/mol. The molecule has 2 N–H and O–H groups in total. The van der Waals surface area contributed by atoms with Crippen LogP contribution in [0.4, 0.5) is 0 Å². The van der Waals surface area contributed by atoms with Crippen molar-refractivity contribution >= 4 is 11.8 Å². The number of hydrogen-bond acceptors (Lipinski definition) is 3. The van der Waals surface area contributed by atoms with Gasteiger partial charge in [0.2, 0.25) is 0 Å². The molecule has 0 aliphatic rings. The molecule has 0 unspecified atom stereocenters. The van der Waals surface area contributed by atoms with Gasteiger partial charge in [-0.1, -0.05) is 32.0 Å². The Bertz CT molecular complexity index is 289. The van der Waals surface area contributed by atoms with Crippen LogP contribution in [-0.4, -0.2) is 28.2 Å². The van der Waals surface area contributed by atoms with Crippen LogP contribution >= 0.6 is 11.8 Å². The lowest BCUT2D eigenvalue weighted by atomic mass is 10.0. The van der Waals surface area contributed by atoms with Crippen molar-refractivity contribution in [2.75, 3.05) is 6.61 Å². The normalized spacial score (nSPS) is 16.8. The summed E-state index contributed by atoms with van der Waals surface area (Å²) in [6.07, 6.45) is 0.436. The Hall–Kier alpha value is -0.510. The number of aliphatic hydroxyl groups is 2. The first-order valence-corrected chi connectivity index (χ1v) is 6.57. The van der Waals surface area contributed by atoms with E-state index >= 15 is 0 Å². The van der Waals surface area contributed by atoms with Crippen LogP contribution in [0.25, 0.3) is 0 Å². The third-order valence-electron chi connectivity index (χ3n) is 2.68. The van der Waals surface area contributed by atoms with E-state index in [1.807, 2.05) is 37.3 Å². The minimum Gasteiger partial charge on any atom is -0.396 e. The second kappa shape index (κ2) is 6.94. The lowest BCUT2D eigenvalue weighted by Gasteiger charge is -2.25. The van der Waals surface area contributed by atoms with E-state index in [4.69, 9.17) is 5.11 Å². The number of benzene rings is 1. The van der Waals surface area contributed by atoms with Crippen LogP contribution in [0.3, 0.4) is 0 Å². The standard InChI is InChI=1S/C13H20O2S/c1-3-12(13(15)10(2)9-14)16-11-7-5-4-6-8-11/h4-8,10,12-15H,3,9H2,1-2H3/t10-,12+,13-/m1/s1. The van der Waals surface area contributed by atoms with Crippen LogP contribution in [0.1, 0.15) is 20.3 Å². The fraction of sp³-hybridized carbons (Fsp3) is 0.538. The van der Waals surface area contributed by atoms with E-state index in [1.54, 1.807) is 11.8 Å². The molecule has 90 valence electrons. The molecule has 2 nitrogen and oxygen atoms in total. The highest BCUT2D eigenvalue weighted by molar-refractivity contribution is 8.00. The summed E-state index contributed by atoms with van der Waals surface area (Å²) in [5, 5.41) is 19.2. The zero-order valence-electron chi connectivity index (χ0n) is 9.84. The number of rotatable bonds is 6. The van der Waals surface area contributed by atoms with E-state index in [1.165, 1.54) is 4.90 Å². The molecule has 0 aliphatic heterocycles. The van der Waals surface area contributed by atoms with E-state index in [2.05, 4.69) is 6.92 Å². The van der Waals surface area contributed by atoms with Crippen molar-refractivity contribution in [3.63, 3.8) is 0 Å². The molecule has 1 aromatic rings. The van der Waals surface area contributed by atoms with Gasteiger partial charge in [0.05, 0.1) is 6.10 Å². The first kappa shape index (κ1) is 13.6. The number of aliphatic hydroxyl groups excluding tert-OH is 2. The van der Waals surface area contributed by atoms with Crippen LogP contribution in [0.2, 0.25) is 0 Å². The number of hydrogen-bond donors (Lipinski definition) is 2. The smallest absolute Gasteiger partial charge is 0.0709 e. The van der Waals surface area contributed by atoms with Gasteiger partial charge in [-0.3, -0.25) is 0 Å². The molecule has 0 amide bonds. The van der Waals surface area contributed by atoms with Gasteiger partial charge in [-0.2, -0.15) is 0 Å². The second-order valence-corrected chi connectivity index (χ2v) is 5.34. The highest BCUT2D eigenvalue weighted by Crippen LogP contribution is 2.29. The quantitative estimate of drug-likeness (QED) is 0.751. The molecule has 1 rings (SSSR count). The zero-order chi connectivity index (χ0) is 12.0. The van der Waals surface area contributed by atoms with Gasteiger partial charge in [0.1, 0.15) is 0 Å². The van der Waals surface area contributed by atoms with Gasteiger partial charge in [-0.05, 0) is 18.6 Å². The zero-order valence-corrected chi connectivity index (χ0v) is 10.7. The fourth-order valence-electron chi connectivity index (χ4n) is 1.54. The lowest BCUT2D eigenvalue weighted by molar-refractivity contribution is 0.0745. The molecule has 0 saturated carbocycles. The minimum atomic E-state index is -0.458. The monoisotopic (exact) mass is 240 g/mol. The predicted octanol–water partition coefficient (Wildman–Crippen LogP) is 2.55. The highest BCUT2D eigenvalue weighted by atomic mass is 32.2. The Labute approximate surface area is 102 Å². The topological polar surface area (TPSA) is 40.5 Å². The maximum Gasteiger partial charge on any atom is 0.0709 e. The van der Waals surface area contributed by atoms with Crippen molar-refractivity contribution < 1.29 is 10.2 Å². The molecule has 0 radical (unpaired) electrons. The van der Waals surface area contributed by atoms with Crippen LogP contribution in [0.15, 0.2) is 35.2 Å². The van der Waals surface area contributed by atoms with E-state index in [-0.39, 0.29) is 17.8 Å². The summed E-state index contributed by atoms with van der Waals surface area (Å²) >= 11 is 1.68. The third kappa shape index (κ3) is 3.81. The summed E-state index contributed by atoms with van der Waals surface area (Å²) in [6, 6.07) is 10.1. The van der Waals surface area contributed by atoms with E-state index < -0.39 is 6.10 Å². The highest BCUT2D eigenvalue weighted by Gasteiger charge is 2.23. The molecule has 0 aromatic heterocycles. The van der Waals surface area contributed by atoms with Crippen molar-refractivity contribution in [3.8, 4) is 0 Å². The van der Waals surface area contributed by atoms with Crippen LogP contribution in [0.5, 0.6) is 0 Å². The molecule has 0 spiro atoms. The van der Waals surface area contributed by atoms with Crippen molar-refractivity contribution in [1.29, 1.82) is 0 Å². The Kier molecular flexibility index (Phi) is 5.88. The fourth-order valence-corrected chi connectivity index (χ4v) is 2.78. The molecule has 16 heavy (non-hydrogen) atoms. The van der Waals surface area contributed by atoms with Gasteiger partial charge in [0.25, 0.3) is 0 Å². The lowest BCUT2D eigenvalue weighted by Crippen LogP contribution is -2.31. The Morgan fingerprint density at radius 3 is 2.38 bits per heavy atom. The van der Waals surface area contributed by atoms with Crippen molar-refractivity contribution in [3.05, 3.63) is 30.3 Å². The summed E-state index contributed by atoms with van der Waals surface area (Å²) in [5.74, 6) is -0.0684. The molecule has 1 aromatic carbocycles. The second-order valence-electron chi connectivity index (χ2n) is 4.03. The van der Waals surface area contributed by atoms with Crippen molar-refractivity contribution in [2.45, 2.75) is 36.5 Å². The van der Waals surface area contributed by atoms with Gasteiger partial charge in [0.15, 0.2) is 0 Å². The van der Waals surface area contributed by atoms with E-state index in [0.29, 0.717) is 0 Å². The first-order chi connectivity index (χ1) is 7.69. The maximum atomic E-state index is 10.1. The van der Waals surface area contributed by atoms with Crippen LogP contribution in [0, 0.1) is 5.92 Å². The summed E-state index contributed by atoms with van der Waals surface area (Å²) < 4.78 is 0. The minimum absolute atomic E-state index is 0.0347. The van der Waals surface area contributed by atoms with Gasteiger partial charge >= 0.3 is 0 Å². The predicted molar refractivity (Wildman–Crippen MR) is 68.6 cm³/mol. The summed E-state index contributed by atoms with van der Waals surface area (Å²) in [4.78, 5) is 1.17. The summed E-state index contributed by atoms with van der Waals surface area (Å²) in [6.45, 7) is 3.97.